The first-order valence-corrected chi connectivity index (χ1v) is 6.05. The van der Waals surface area contributed by atoms with Crippen molar-refractivity contribution in [2.24, 2.45) is 0 Å². The number of ether oxygens (including phenoxy) is 1. The van der Waals surface area contributed by atoms with Gasteiger partial charge in [0.2, 0.25) is 0 Å². The molecule has 6 heteroatoms. The van der Waals surface area contributed by atoms with Crippen LogP contribution in [-0.2, 0) is 4.74 Å². The fraction of sp³-hybridized carbons (Fsp3) is 0.909. The van der Waals surface area contributed by atoms with E-state index < -0.39 is 35.5 Å². The maximum absolute atomic E-state index is 13.4. The fourth-order valence-electron chi connectivity index (χ4n) is 1.81. The molecular weight excluding hydrogens is 248 g/mol. The molecule has 17 heavy (non-hydrogen) atoms. The Bertz CT molecular complexity index is 317. The molecule has 1 heterocycles. The normalized spacial score (nSPS) is 28.3. The zero-order valence-electron chi connectivity index (χ0n) is 10.6. The Morgan fingerprint density at radius 3 is 2.41 bits per heavy atom. The Labute approximate surface area is 106 Å². The van der Waals surface area contributed by atoms with Gasteiger partial charge in [-0.25, -0.2) is 13.6 Å². The second-order valence-electron chi connectivity index (χ2n) is 5.44. The highest BCUT2D eigenvalue weighted by molar-refractivity contribution is 7.81. The molecule has 0 spiro atoms. The van der Waals surface area contributed by atoms with Gasteiger partial charge in [0.1, 0.15) is 5.60 Å². The number of carbonyl (C=O) groups excluding carboxylic acids is 1. The number of rotatable bonds is 1. The number of alkyl halides is 2. The van der Waals surface area contributed by atoms with Crippen LogP contribution in [0.5, 0.6) is 0 Å². The number of amides is 1. The van der Waals surface area contributed by atoms with E-state index in [4.69, 9.17) is 4.74 Å². The average molecular weight is 267 g/mol. The standard InChI is InChI=1S/C11H19F2NO2S/c1-5-11(17)6-10(12,13)7-14(11)8(15)16-9(2,3)4/h17H,5-7H2,1-4H3/t11-/m0/s1. The maximum Gasteiger partial charge on any atom is 0.411 e. The van der Waals surface area contributed by atoms with E-state index in [2.05, 4.69) is 12.6 Å². The molecule has 1 aliphatic heterocycles. The molecule has 0 unspecified atom stereocenters. The van der Waals surface area contributed by atoms with E-state index in [0.29, 0.717) is 6.42 Å². The van der Waals surface area contributed by atoms with Gasteiger partial charge in [-0.15, -0.1) is 0 Å². The van der Waals surface area contributed by atoms with Crippen molar-refractivity contribution in [3.05, 3.63) is 0 Å². The lowest BCUT2D eigenvalue weighted by Gasteiger charge is -2.33. The first-order chi connectivity index (χ1) is 7.49. The predicted molar refractivity (Wildman–Crippen MR) is 64.5 cm³/mol. The number of carbonyl (C=O) groups is 1. The summed E-state index contributed by atoms with van der Waals surface area (Å²) in [6.45, 7) is 6.20. The lowest BCUT2D eigenvalue weighted by Crippen LogP contribution is -2.45. The molecule has 0 bridgehead atoms. The van der Waals surface area contributed by atoms with Gasteiger partial charge in [-0.05, 0) is 27.2 Å². The van der Waals surface area contributed by atoms with Crippen LogP contribution < -0.4 is 0 Å². The first kappa shape index (κ1) is 14.5. The van der Waals surface area contributed by atoms with Gasteiger partial charge in [-0.2, -0.15) is 12.6 Å². The van der Waals surface area contributed by atoms with Gasteiger partial charge in [0.05, 0.1) is 11.4 Å². The highest BCUT2D eigenvalue weighted by Gasteiger charge is 2.55. The van der Waals surface area contributed by atoms with Crippen LogP contribution in [0.1, 0.15) is 40.5 Å². The van der Waals surface area contributed by atoms with E-state index in [1.54, 1.807) is 27.7 Å². The zero-order valence-corrected chi connectivity index (χ0v) is 11.5. The van der Waals surface area contributed by atoms with Gasteiger partial charge in [-0.3, -0.25) is 4.90 Å². The third-order valence-corrected chi connectivity index (χ3v) is 3.33. The quantitative estimate of drug-likeness (QED) is 0.739. The molecular formula is C11H19F2NO2S. The molecule has 100 valence electrons. The minimum atomic E-state index is -2.89. The van der Waals surface area contributed by atoms with Crippen LogP contribution in [0, 0.1) is 0 Å². The highest BCUT2D eigenvalue weighted by atomic mass is 32.1. The zero-order chi connectivity index (χ0) is 13.5. The molecule has 0 aliphatic carbocycles. The second kappa shape index (κ2) is 4.30. The van der Waals surface area contributed by atoms with Crippen LogP contribution in [-0.4, -0.2) is 33.9 Å². The summed E-state index contributed by atoms with van der Waals surface area (Å²) in [5.41, 5.74) is -0.697. The fourth-order valence-corrected chi connectivity index (χ4v) is 2.20. The molecule has 0 saturated carbocycles. The summed E-state index contributed by atoms with van der Waals surface area (Å²) in [6.07, 6.45) is -0.810. The number of hydrogen-bond acceptors (Lipinski definition) is 3. The van der Waals surface area contributed by atoms with E-state index >= 15 is 0 Å². The number of thiol groups is 1. The Morgan fingerprint density at radius 1 is 1.47 bits per heavy atom. The van der Waals surface area contributed by atoms with E-state index in [1.807, 2.05) is 0 Å². The van der Waals surface area contributed by atoms with E-state index in [-0.39, 0.29) is 0 Å². The van der Waals surface area contributed by atoms with Crippen LogP contribution in [0.3, 0.4) is 0 Å². The lowest BCUT2D eigenvalue weighted by molar-refractivity contribution is -0.00272. The third kappa shape index (κ3) is 3.47. The summed E-state index contributed by atoms with van der Waals surface area (Å²) in [5.74, 6) is -2.89. The second-order valence-corrected chi connectivity index (χ2v) is 6.27. The minimum absolute atomic E-state index is 0.352. The SMILES string of the molecule is CC[C@]1(S)CC(F)(F)CN1C(=O)OC(C)(C)C. The smallest absolute Gasteiger partial charge is 0.411 e. The van der Waals surface area contributed by atoms with Crippen molar-refractivity contribution in [3.8, 4) is 0 Å². The van der Waals surface area contributed by atoms with Crippen LogP contribution in [0.2, 0.25) is 0 Å². The van der Waals surface area contributed by atoms with Crippen molar-refractivity contribution in [2.75, 3.05) is 6.54 Å². The van der Waals surface area contributed by atoms with Gasteiger partial charge < -0.3 is 4.74 Å². The first-order valence-electron chi connectivity index (χ1n) is 5.60. The molecule has 3 nitrogen and oxygen atoms in total. The van der Waals surface area contributed by atoms with Crippen molar-refractivity contribution < 1.29 is 18.3 Å². The lowest BCUT2D eigenvalue weighted by atomic mass is 10.1. The van der Waals surface area contributed by atoms with Gasteiger partial charge in [0, 0.05) is 6.42 Å². The molecule has 0 aromatic carbocycles. The minimum Gasteiger partial charge on any atom is -0.444 e. The largest absolute Gasteiger partial charge is 0.444 e. The predicted octanol–water partition coefficient (Wildman–Crippen LogP) is 3.30. The van der Waals surface area contributed by atoms with E-state index in [1.165, 1.54) is 0 Å². The molecule has 0 aromatic heterocycles. The summed E-state index contributed by atoms with van der Waals surface area (Å²) < 4.78 is 31.9. The van der Waals surface area contributed by atoms with E-state index in [0.717, 1.165) is 4.90 Å². The molecule has 1 atom stereocenters. The third-order valence-electron chi connectivity index (χ3n) is 2.61. The number of hydrogen-bond donors (Lipinski definition) is 1. The molecule has 0 N–H and O–H groups in total. The Balaban J connectivity index is 2.85. The molecule has 1 saturated heterocycles. The van der Waals surface area contributed by atoms with Gasteiger partial charge in [0.25, 0.3) is 5.92 Å². The van der Waals surface area contributed by atoms with Crippen molar-refractivity contribution in [3.63, 3.8) is 0 Å². The number of halogens is 2. The van der Waals surface area contributed by atoms with Crippen LogP contribution in [0.25, 0.3) is 0 Å². The van der Waals surface area contributed by atoms with Gasteiger partial charge in [0.15, 0.2) is 0 Å². The van der Waals surface area contributed by atoms with E-state index in [9.17, 15) is 13.6 Å². The van der Waals surface area contributed by atoms with Gasteiger partial charge in [-0.1, -0.05) is 6.92 Å². The van der Waals surface area contributed by atoms with Crippen LogP contribution >= 0.6 is 12.6 Å². The van der Waals surface area contributed by atoms with Crippen LogP contribution in [0.15, 0.2) is 0 Å². The summed E-state index contributed by atoms with van der Waals surface area (Å²) >= 11 is 4.22. The molecule has 0 aromatic rings. The molecule has 0 radical (unpaired) electrons. The molecule has 1 aliphatic rings. The Morgan fingerprint density at radius 2 is 2.00 bits per heavy atom. The van der Waals surface area contributed by atoms with Crippen LogP contribution in [0.4, 0.5) is 13.6 Å². The summed E-state index contributed by atoms with van der Waals surface area (Å²) in [4.78, 5) is 11.8. The molecule has 1 amide bonds. The summed E-state index contributed by atoms with van der Waals surface area (Å²) in [5, 5.41) is 0. The topological polar surface area (TPSA) is 29.5 Å². The van der Waals surface area contributed by atoms with Crippen molar-refractivity contribution in [2.45, 2.75) is 56.9 Å². The number of nitrogens with zero attached hydrogens (tertiary/aromatic N) is 1. The monoisotopic (exact) mass is 267 g/mol. The van der Waals surface area contributed by atoms with Crippen molar-refractivity contribution >= 4 is 18.7 Å². The van der Waals surface area contributed by atoms with Crippen molar-refractivity contribution in [1.29, 1.82) is 0 Å². The number of likely N-dealkylation sites (tertiary alicyclic amines) is 1. The summed E-state index contributed by atoms with van der Waals surface area (Å²) in [7, 11) is 0. The Hall–Kier alpha value is -0.520. The average Bonchev–Trinajstić information content (AvgIpc) is 2.34. The highest BCUT2D eigenvalue weighted by Crippen LogP contribution is 2.44. The molecule has 1 rings (SSSR count). The Kier molecular flexibility index (Phi) is 3.68. The van der Waals surface area contributed by atoms with Crippen molar-refractivity contribution in [1.82, 2.24) is 4.90 Å². The van der Waals surface area contributed by atoms with Gasteiger partial charge >= 0.3 is 6.09 Å². The summed E-state index contributed by atoms with van der Waals surface area (Å²) in [6, 6.07) is 0. The molecule has 1 fully saturated rings. The maximum atomic E-state index is 13.4.